The summed E-state index contributed by atoms with van der Waals surface area (Å²) >= 11 is 0. The summed E-state index contributed by atoms with van der Waals surface area (Å²) in [6.45, 7) is 6.05. The van der Waals surface area contributed by atoms with Gasteiger partial charge in [-0.05, 0) is 36.7 Å². The Balaban J connectivity index is 1.89. The van der Waals surface area contributed by atoms with Crippen LogP contribution in [0.5, 0.6) is 0 Å². The van der Waals surface area contributed by atoms with Gasteiger partial charge in [0.05, 0.1) is 6.10 Å². The summed E-state index contributed by atoms with van der Waals surface area (Å²) in [5.74, 6) is 1.02. The van der Waals surface area contributed by atoms with Crippen molar-refractivity contribution in [1.29, 1.82) is 0 Å². The maximum atomic E-state index is 10.1. The Kier molecular flexibility index (Phi) is 3.45. The number of aliphatic hydroxyl groups excluding tert-OH is 1. The van der Waals surface area contributed by atoms with Crippen molar-refractivity contribution >= 4 is 0 Å². The molecule has 0 spiro atoms. The van der Waals surface area contributed by atoms with Crippen LogP contribution < -0.4 is 0 Å². The first-order valence-electron chi connectivity index (χ1n) is 6.12. The second kappa shape index (κ2) is 4.84. The summed E-state index contributed by atoms with van der Waals surface area (Å²) in [5.41, 5.74) is 2.53. The summed E-state index contributed by atoms with van der Waals surface area (Å²) in [4.78, 5) is 0. The normalized spacial score (nSPS) is 25.1. The van der Waals surface area contributed by atoms with E-state index in [1.54, 1.807) is 0 Å². The van der Waals surface area contributed by atoms with Gasteiger partial charge in [-0.25, -0.2) is 0 Å². The van der Waals surface area contributed by atoms with Gasteiger partial charge in [-0.1, -0.05) is 49.4 Å². The molecule has 0 aromatic heterocycles. The predicted molar refractivity (Wildman–Crippen MR) is 67.3 cm³/mol. The molecule has 3 unspecified atom stereocenters. The van der Waals surface area contributed by atoms with Crippen LogP contribution in [-0.4, -0.2) is 11.2 Å². The Morgan fingerprint density at radius 1 is 1.44 bits per heavy atom. The molecule has 0 amide bonds. The number of benzene rings is 1. The summed E-state index contributed by atoms with van der Waals surface area (Å²) in [6, 6.07) is 10.5. The minimum atomic E-state index is -0.197. The van der Waals surface area contributed by atoms with Gasteiger partial charge < -0.3 is 5.11 Å². The monoisotopic (exact) mass is 216 g/mol. The Hall–Kier alpha value is -1.08. The van der Waals surface area contributed by atoms with Gasteiger partial charge in [0.1, 0.15) is 0 Å². The molecule has 0 radical (unpaired) electrons. The summed E-state index contributed by atoms with van der Waals surface area (Å²) in [7, 11) is 0. The van der Waals surface area contributed by atoms with Gasteiger partial charge in [-0.15, -0.1) is 0 Å². The second-order valence-electron chi connectivity index (χ2n) is 4.79. The van der Waals surface area contributed by atoms with Crippen molar-refractivity contribution in [3.8, 4) is 0 Å². The Morgan fingerprint density at radius 2 is 2.12 bits per heavy atom. The zero-order valence-corrected chi connectivity index (χ0v) is 9.89. The van der Waals surface area contributed by atoms with Gasteiger partial charge >= 0.3 is 0 Å². The van der Waals surface area contributed by atoms with E-state index in [4.69, 9.17) is 0 Å². The molecule has 1 N–H and O–H groups in total. The van der Waals surface area contributed by atoms with Crippen LogP contribution in [0.15, 0.2) is 42.5 Å². The fourth-order valence-corrected chi connectivity index (χ4v) is 2.31. The Bertz CT molecular complexity index is 355. The summed E-state index contributed by atoms with van der Waals surface area (Å²) < 4.78 is 0. The van der Waals surface area contributed by atoms with Gasteiger partial charge in [0, 0.05) is 0 Å². The lowest BCUT2D eigenvalue weighted by molar-refractivity contribution is 0.148. The molecule has 1 aromatic rings. The largest absolute Gasteiger partial charge is 0.392 e. The first-order valence-corrected chi connectivity index (χ1v) is 6.12. The fraction of sp³-hybridized carbons (Fsp3) is 0.467. The molecule has 1 heteroatoms. The second-order valence-corrected chi connectivity index (χ2v) is 4.79. The van der Waals surface area contributed by atoms with Crippen molar-refractivity contribution in [1.82, 2.24) is 0 Å². The third kappa shape index (κ3) is 2.53. The Labute approximate surface area is 97.8 Å². The number of rotatable bonds is 5. The minimum absolute atomic E-state index is 0.197. The van der Waals surface area contributed by atoms with E-state index < -0.39 is 0 Å². The van der Waals surface area contributed by atoms with E-state index in [0.717, 1.165) is 24.8 Å². The molecule has 1 aliphatic rings. The number of hydrogen-bond acceptors (Lipinski definition) is 1. The maximum Gasteiger partial charge on any atom is 0.0611 e. The van der Waals surface area contributed by atoms with Gasteiger partial charge in [0.15, 0.2) is 0 Å². The minimum Gasteiger partial charge on any atom is -0.392 e. The topological polar surface area (TPSA) is 20.2 Å². The van der Waals surface area contributed by atoms with Crippen molar-refractivity contribution in [2.45, 2.75) is 38.2 Å². The summed E-state index contributed by atoms with van der Waals surface area (Å²) in [5, 5.41) is 10.1. The molecule has 16 heavy (non-hydrogen) atoms. The number of hydrogen-bond donors (Lipinski definition) is 1. The lowest BCUT2D eigenvalue weighted by Gasteiger charge is -2.11. The van der Waals surface area contributed by atoms with Crippen LogP contribution in [0.25, 0.3) is 0 Å². The highest BCUT2D eigenvalue weighted by molar-refractivity contribution is 5.26. The van der Waals surface area contributed by atoms with Crippen LogP contribution in [0.2, 0.25) is 0 Å². The SMILES string of the molecule is C=C(CC)CC(O)C1CC1c1ccccc1. The van der Waals surface area contributed by atoms with Crippen molar-refractivity contribution in [2.75, 3.05) is 0 Å². The molecule has 0 heterocycles. The third-order valence-electron chi connectivity index (χ3n) is 3.56. The standard InChI is InChI=1S/C15H20O/c1-3-11(2)9-15(16)14-10-13(14)12-7-5-4-6-8-12/h4-8,13-16H,2-3,9-10H2,1H3. The highest BCUT2D eigenvalue weighted by Crippen LogP contribution is 2.50. The van der Waals surface area contributed by atoms with Crippen LogP contribution in [0.1, 0.15) is 37.7 Å². The van der Waals surface area contributed by atoms with Crippen molar-refractivity contribution in [3.63, 3.8) is 0 Å². The van der Waals surface area contributed by atoms with E-state index in [1.807, 2.05) is 6.07 Å². The van der Waals surface area contributed by atoms with Gasteiger partial charge in [-0.3, -0.25) is 0 Å². The predicted octanol–water partition coefficient (Wildman–Crippen LogP) is 3.51. The molecule has 0 saturated heterocycles. The Morgan fingerprint density at radius 3 is 2.75 bits per heavy atom. The van der Waals surface area contributed by atoms with Crippen molar-refractivity contribution in [3.05, 3.63) is 48.0 Å². The van der Waals surface area contributed by atoms with Crippen molar-refractivity contribution < 1.29 is 5.11 Å². The molecule has 1 aromatic carbocycles. The zero-order chi connectivity index (χ0) is 11.5. The highest BCUT2D eigenvalue weighted by Gasteiger charge is 2.42. The molecule has 1 saturated carbocycles. The number of aliphatic hydroxyl groups is 1. The van der Waals surface area contributed by atoms with Crippen LogP contribution in [0, 0.1) is 5.92 Å². The van der Waals surface area contributed by atoms with Crippen LogP contribution >= 0.6 is 0 Å². The molecule has 1 nitrogen and oxygen atoms in total. The average Bonchev–Trinajstić information content (AvgIpc) is 3.10. The maximum absolute atomic E-state index is 10.1. The van der Waals surface area contributed by atoms with Gasteiger partial charge in [0.25, 0.3) is 0 Å². The van der Waals surface area contributed by atoms with E-state index in [2.05, 4.69) is 37.8 Å². The molecule has 1 fully saturated rings. The van der Waals surface area contributed by atoms with E-state index in [9.17, 15) is 5.11 Å². The van der Waals surface area contributed by atoms with Gasteiger partial charge in [0.2, 0.25) is 0 Å². The van der Waals surface area contributed by atoms with E-state index in [-0.39, 0.29) is 6.10 Å². The van der Waals surface area contributed by atoms with E-state index in [0.29, 0.717) is 11.8 Å². The van der Waals surface area contributed by atoms with Crippen molar-refractivity contribution in [2.24, 2.45) is 5.92 Å². The van der Waals surface area contributed by atoms with Crippen LogP contribution in [0.3, 0.4) is 0 Å². The molecule has 0 aliphatic heterocycles. The first kappa shape index (κ1) is 11.4. The fourth-order valence-electron chi connectivity index (χ4n) is 2.31. The third-order valence-corrected chi connectivity index (χ3v) is 3.56. The van der Waals surface area contributed by atoms with Crippen LogP contribution in [-0.2, 0) is 0 Å². The molecular formula is C15H20O. The summed E-state index contributed by atoms with van der Waals surface area (Å²) in [6.07, 6.45) is 2.67. The molecule has 0 bridgehead atoms. The smallest absolute Gasteiger partial charge is 0.0611 e. The highest BCUT2D eigenvalue weighted by atomic mass is 16.3. The quantitative estimate of drug-likeness (QED) is 0.747. The van der Waals surface area contributed by atoms with E-state index in [1.165, 1.54) is 5.56 Å². The molecule has 86 valence electrons. The average molecular weight is 216 g/mol. The van der Waals surface area contributed by atoms with Crippen LogP contribution in [0.4, 0.5) is 0 Å². The zero-order valence-electron chi connectivity index (χ0n) is 9.89. The lowest BCUT2D eigenvalue weighted by Crippen LogP contribution is -2.11. The molecular weight excluding hydrogens is 196 g/mol. The molecule has 1 aliphatic carbocycles. The molecule has 2 rings (SSSR count). The first-order chi connectivity index (χ1) is 7.72. The molecule has 3 atom stereocenters. The lowest BCUT2D eigenvalue weighted by atomic mass is 10.0. The van der Waals surface area contributed by atoms with E-state index >= 15 is 0 Å². The van der Waals surface area contributed by atoms with Gasteiger partial charge in [-0.2, -0.15) is 0 Å².